The Morgan fingerprint density at radius 1 is 1.05 bits per heavy atom. The topological polar surface area (TPSA) is 32.5 Å². The molecular formula is C17H33N3. The van der Waals surface area contributed by atoms with Crippen molar-refractivity contribution in [2.24, 2.45) is 11.7 Å². The van der Waals surface area contributed by atoms with E-state index in [1.807, 2.05) is 0 Å². The summed E-state index contributed by atoms with van der Waals surface area (Å²) in [5, 5.41) is 0. The first kappa shape index (κ1) is 14.8. The molecule has 0 aromatic carbocycles. The van der Waals surface area contributed by atoms with Crippen LogP contribution in [0.2, 0.25) is 0 Å². The third-order valence-electron chi connectivity index (χ3n) is 6.34. The first-order valence-corrected chi connectivity index (χ1v) is 8.99. The lowest BCUT2D eigenvalue weighted by atomic mass is 9.86. The van der Waals surface area contributed by atoms with E-state index in [1.165, 1.54) is 77.5 Å². The van der Waals surface area contributed by atoms with Crippen molar-refractivity contribution >= 4 is 0 Å². The second kappa shape index (κ2) is 6.33. The number of likely N-dealkylation sites (tertiary alicyclic amines) is 1. The van der Waals surface area contributed by atoms with Gasteiger partial charge in [-0.05, 0) is 64.1 Å². The molecule has 0 spiro atoms. The van der Waals surface area contributed by atoms with Gasteiger partial charge < -0.3 is 5.73 Å². The number of nitrogens with zero attached hydrogens (tertiary/aromatic N) is 2. The molecule has 0 aromatic heterocycles. The minimum atomic E-state index is 0.317. The third kappa shape index (κ3) is 2.53. The molecule has 3 aliphatic heterocycles. The zero-order valence-corrected chi connectivity index (χ0v) is 13.3. The number of hydrogen-bond donors (Lipinski definition) is 1. The second-order valence-corrected chi connectivity index (χ2v) is 7.32. The van der Waals surface area contributed by atoms with Crippen LogP contribution in [0.3, 0.4) is 0 Å². The first-order chi connectivity index (χ1) is 9.80. The molecule has 0 aromatic rings. The van der Waals surface area contributed by atoms with Crippen LogP contribution in [0.1, 0.15) is 58.3 Å². The number of hydrogen-bond acceptors (Lipinski definition) is 3. The van der Waals surface area contributed by atoms with Gasteiger partial charge in [-0.25, -0.2) is 0 Å². The zero-order chi connectivity index (χ0) is 14.0. The molecule has 116 valence electrons. The van der Waals surface area contributed by atoms with Gasteiger partial charge in [0.25, 0.3) is 0 Å². The summed E-state index contributed by atoms with van der Waals surface area (Å²) in [4.78, 5) is 5.54. The van der Waals surface area contributed by atoms with Gasteiger partial charge in [-0.3, -0.25) is 9.80 Å². The molecular weight excluding hydrogens is 246 g/mol. The Bertz CT molecular complexity index is 319. The van der Waals surface area contributed by atoms with Crippen LogP contribution in [-0.4, -0.2) is 54.1 Å². The van der Waals surface area contributed by atoms with E-state index in [0.717, 1.165) is 18.5 Å². The van der Waals surface area contributed by atoms with Crippen molar-refractivity contribution in [2.75, 3.05) is 32.7 Å². The molecule has 3 heterocycles. The highest BCUT2D eigenvalue weighted by Crippen LogP contribution is 2.41. The quantitative estimate of drug-likeness (QED) is 0.858. The third-order valence-corrected chi connectivity index (χ3v) is 6.34. The van der Waals surface area contributed by atoms with Crippen LogP contribution in [-0.2, 0) is 0 Å². The summed E-state index contributed by atoms with van der Waals surface area (Å²) < 4.78 is 0. The van der Waals surface area contributed by atoms with Crippen LogP contribution in [0.5, 0.6) is 0 Å². The smallest absolute Gasteiger partial charge is 0.0498 e. The molecule has 0 aliphatic carbocycles. The maximum atomic E-state index is 6.33. The van der Waals surface area contributed by atoms with E-state index in [1.54, 1.807) is 0 Å². The molecule has 0 saturated carbocycles. The fraction of sp³-hybridized carbons (Fsp3) is 1.00. The van der Waals surface area contributed by atoms with Crippen molar-refractivity contribution in [1.29, 1.82) is 0 Å². The normalized spacial score (nSPS) is 39.9. The Morgan fingerprint density at radius 3 is 2.70 bits per heavy atom. The van der Waals surface area contributed by atoms with Crippen LogP contribution in [0.15, 0.2) is 0 Å². The van der Waals surface area contributed by atoms with Crippen molar-refractivity contribution in [3.05, 3.63) is 0 Å². The van der Waals surface area contributed by atoms with Gasteiger partial charge in [0.05, 0.1) is 0 Å². The Labute approximate surface area is 124 Å². The standard InChI is InChI=1S/C17H33N3/c1-2-5-15-6-3-11-20(12-8-15)17(14-18)9-13-19-10-4-7-16(17)19/h15-16H,2-14,18H2,1H3. The van der Waals surface area contributed by atoms with Gasteiger partial charge in [0.1, 0.15) is 0 Å². The minimum Gasteiger partial charge on any atom is -0.329 e. The SMILES string of the molecule is CCCC1CCCN(C2(CN)CCN3CCCC32)CC1. The summed E-state index contributed by atoms with van der Waals surface area (Å²) in [6, 6.07) is 0.759. The van der Waals surface area contributed by atoms with Gasteiger partial charge in [-0.1, -0.05) is 19.8 Å². The van der Waals surface area contributed by atoms with E-state index in [4.69, 9.17) is 5.73 Å². The summed E-state index contributed by atoms with van der Waals surface area (Å²) in [5.41, 5.74) is 6.65. The number of fused-ring (bicyclic) bond motifs is 1. The van der Waals surface area contributed by atoms with E-state index >= 15 is 0 Å². The lowest BCUT2D eigenvalue weighted by Crippen LogP contribution is -2.60. The van der Waals surface area contributed by atoms with Crippen molar-refractivity contribution < 1.29 is 0 Å². The predicted molar refractivity (Wildman–Crippen MR) is 84.8 cm³/mol. The monoisotopic (exact) mass is 279 g/mol. The van der Waals surface area contributed by atoms with E-state index in [-0.39, 0.29) is 0 Å². The molecule has 3 atom stereocenters. The van der Waals surface area contributed by atoms with Gasteiger partial charge in [0, 0.05) is 24.7 Å². The van der Waals surface area contributed by atoms with Gasteiger partial charge >= 0.3 is 0 Å². The fourth-order valence-corrected chi connectivity index (χ4v) is 5.25. The molecule has 0 amide bonds. The summed E-state index contributed by atoms with van der Waals surface area (Å²) >= 11 is 0. The Kier molecular flexibility index (Phi) is 4.68. The predicted octanol–water partition coefficient (Wildman–Crippen LogP) is 2.45. The minimum absolute atomic E-state index is 0.317. The lowest BCUT2D eigenvalue weighted by Gasteiger charge is -2.44. The van der Waals surface area contributed by atoms with Gasteiger partial charge in [-0.15, -0.1) is 0 Å². The molecule has 3 saturated heterocycles. The second-order valence-electron chi connectivity index (χ2n) is 7.32. The Hall–Kier alpha value is -0.120. The molecule has 3 nitrogen and oxygen atoms in total. The highest BCUT2D eigenvalue weighted by Gasteiger charge is 2.51. The van der Waals surface area contributed by atoms with Crippen LogP contribution in [0.4, 0.5) is 0 Å². The number of rotatable bonds is 4. The Morgan fingerprint density at radius 2 is 1.90 bits per heavy atom. The molecule has 0 radical (unpaired) electrons. The van der Waals surface area contributed by atoms with E-state index in [9.17, 15) is 0 Å². The van der Waals surface area contributed by atoms with Crippen LogP contribution in [0.25, 0.3) is 0 Å². The van der Waals surface area contributed by atoms with Crippen molar-refractivity contribution in [3.63, 3.8) is 0 Å². The molecule has 3 aliphatic rings. The van der Waals surface area contributed by atoms with Crippen LogP contribution < -0.4 is 5.73 Å². The first-order valence-electron chi connectivity index (χ1n) is 8.99. The molecule has 3 fully saturated rings. The van der Waals surface area contributed by atoms with Gasteiger partial charge in [-0.2, -0.15) is 0 Å². The summed E-state index contributed by atoms with van der Waals surface area (Å²) in [6.07, 6.45) is 11.1. The van der Waals surface area contributed by atoms with Crippen molar-refractivity contribution in [3.8, 4) is 0 Å². The van der Waals surface area contributed by atoms with E-state index in [2.05, 4.69) is 16.7 Å². The highest BCUT2D eigenvalue weighted by molar-refractivity contribution is 5.10. The molecule has 2 N–H and O–H groups in total. The van der Waals surface area contributed by atoms with Crippen molar-refractivity contribution in [1.82, 2.24) is 9.80 Å². The lowest BCUT2D eigenvalue weighted by molar-refractivity contribution is 0.0672. The molecule has 3 unspecified atom stereocenters. The largest absolute Gasteiger partial charge is 0.329 e. The van der Waals surface area contributed by atoms with E-state index in [0.29, 0.717) is 5.54 Å². The maximum absolute atomic E-state index is 6.33. The highest BCUT2D eigenvalue weighted by atomic mass is 15.3. The average Bonchev–Trinajstić information content (AvgIpc) is 2.98. The van der Waals surface area contributed by atoms with Crippen molar-refractivity contribution in [2.45, 2.75) is 69.9 Å². The van der Waals surface area contributed by atoms with Crippen LogP contribution in [0, 0.1) is 5.92 Å². The van der Waals surface area contributed by atoms with Crippen LogP contribution >= 0.6 is 0 Å². The van der Waals surface area contributed by atoms with Gasteiger partial charge in [0.2, 0.25) is 0 Å². The average molecular weight is 279 g/mol. The van der Waals surface area contributed by atoms with E-state index < -0.39 is 0 Å². The maximum Gasteiger partial charge on any atom is 0.0498 e. The zero-order valence-electron chi connectivity index (χ0n) is 13.3. The Balaban J connectivity index is 1.70. The summed E-state index contributed by atoms with van der Waals surface area (Å²) in [5.74, 6) is 0.973. The molecule has 3 rings (SSSR count). The number of nitrogens with two attached hydrogens (primary N) is 1. The summed E-state index contributed by atoms with van der Waals surface area (Å²) in [6.45, 7) is 8.40. The fourth-order valence-electron chi connectivity index (χ4n) is 5.25. The van der Waals surface area contributed by atoms with Gasteiger partial charge in [0.15, 0.2) is 0 Å². The molecule has 0 bridgehead atoms. The molecule has 20 heavy (non-hydrogen) atoms. The molecule has 3 heteroatoms. The summed E-state index contributed by atoms with van der Waals surface area (Å²) in [7, 11) is 0.